The van der Waals surface area contributed by atoms with Crippen LogP contribution < -0.4 is 10.2 Å². The number of benzene rings is 2. The van der Waals surface area contributed by atoms with Gasteiger partial charge in [-0.05, 0) is 45.0 Å². The molecule has 3 rings (SSSR count). The van der Waals surface area contributed by atoms with Crippen molar-refractivity contribution >= 4 is 9.84 Å². The molecule has 6 heteroatoms. The van der Waals surface area contributed by atoms with Crippen LogP contribution >= 0.6 is 0 Å². The number of rotatable bonds is 4. The van der Waals surface area contributed by atoms with Gasteiger partial charge in [-0.1, -0.05) is 35.4 Å². The summed E-state index contributed by atoms with van der Waals surface area (Å²) in [5.74, 6) is 0.593. The molecule has 0 amide bonds. The van der Waals surface area contributed by atoms with E-state index < -0.39 is 15.3 Å². The second-order valence-corrected chi connectivity index (χ2v) is 8.10. The second kappa shape index (κ2) is 6.80. The Bertz CT molecular complexity index is 1100. The van der Waals surface area contributed by atoms with Crippen molar-refractivity contribution in [2.24, 2.45) is 0 Å². The highest BCUT2D eigenvalue weighted by atomic mass is 32.2. The topological polar surface area (TPSA) is 76.2 Å². The Kier molecular flexibility index (Phi) is 4.70. The van der Waals surface area contributed by atoms with Crippen LogP contribution in [0.25, 0.3) is 0 Å². The molecule has 2 aromatic carbocycles. The van der Waals surface area contributed by atoms with Gasteiger partial charge in [0, 0.05) is 6.07 Å². The summed E-state index contributed by atoms with van der Waals surface area (Å²) in [6.07, 6.45) is 0. The van der Waals surface area contributed by atoms with Crippen molar-refractivity contribution in [1.29, 1.82) is 0 Å². The normalized spacial score (nSPS) is 11.3. The summed E-state index contributed by atoms with van der Waals surface area (Å²) in [5.41, 5.74) is 1.88. The lowest BCUT2D eigenvalue weighted by atomic mass is 10.2. The molecule has 1 N–H and O–H groups in total. The molecule has 5 nitrogen and oxygen atoms in total. The van der Waals surface area contributed by atoms with Crippen LogP contribution in [0.2, 0.25) is 0 Å². The van der Waals surface area contributed by atoms with Crippen molar-refractivity contribution in [2.45, 2.75) is 30.7 Å². The Morgan fingerprint density at radius 3 is 1.92 bits per heavy atom. The predicted molar refractivity (Wildman–Crippen MR) is 99.7 cm³/mol. The van der Waals surface area contributed by atoms with E-state index in [0.29, 0.717) is 11.4 Å². The van der Waals surface area contributed by atoms with Gasteiger partial charge in [0.1, 0.15) is 10.8 Å². The van der Waals surface area contributed by atoms with Gasteiger partial charge in [0.25, 0.3) is 0 Å². The highest BCUT2D eigenvalue weighted by molar-refractivity contribution is 7.91. The highest BCUT2D eigenvalue weighted by Gasteiger charge is 2.21. The summed E-state index contributed by atoms with van der Waals surface area (Å²) in [6.45, 7) is 5.44. The zero-order valence-electron chi connectivity index (χ0n) is 14.7. The SMILES string of the molecule is Cc1ccc(Oc2c(C)[nH]c(S(=O)(=O)c3ccc(C)cc3)cc2=O)cc1. The average molecular weight is 369 g/mol. The van der Waals surface area contributed by atoms with Crippen molar-refractivity contribution in [3.63, 3.8) is 0 Å². The fourth-order valence-electron chi connectivity index (χ4n) is 2.49. The minimum atomic E-state index is -3.81. The summed E-state index contributed by atoms with van der Waals surface area (Å²) >= 11 is 0. The first kappa shape index (κ1) is 17.9. The molecule has 26 heavy (non-hydrogen) atoms. The summed E-state index contributed by atoms with van der Waals surface area (Å²) < 4.78 is 31.1. The molecule has 0 atom stereocenters. The largest absolute Gasteiger partial charge is 0.451 e. The standard InChI is InChI=1S/C20H19NO4S/c1-13-4-8-16(9-5-13)25-20-15(3)21-19(12-18(20)22)26(23,24)17-10-6-14(2)7-11-17/h4-12H,1-3H3,(H,21,22). The van der Waals surface area contributed by atoms with Crippen LogP contribution in [-0.4, -0.2) is 13.4 Å². The fourth-order valence-corrected chi connectivity index (χ4v) is 3.79. The Balaban J connectivity index is 2.00. The number of nitrogens with one attached hydrogen (secondary N) is 1. The Hall–Kier alpha value is -2.86. The van der Waals surface area contributed by atoms with Crippen LogP contribution in [0.3, 0.4) is 0 Å². The van der Waals surface area contributed by atoms with Crippen LogP contribution in [0, 0.1) is 20.8 Å². The molecule has 1 heterocycles. The van der Waals surface area contributed by atoms with Crippen LogP contribution in [0.4, 0.5) is 0 Å². The van der Waals surface area contributed by atoms with E-state index in [-0.39, 0.29) is 15.7 Å². The number of hydrogen-bond donors (Lipinski definition) is 1. The zero-order valence-corrected chi connectivity index (χ0v) is 15.6. The van der Waals surface area contributed by atoms with Gasteiger partial charge < -0.3 is 9.72 Å². The summed E-state index contributed by atoms with van der Waals surface area (Å²) in [4.78, 5) is 15.4. The third kappa shape index (κ3) is 3.55. The predicted octanol–water partition coefficient (Wildman–Crippen LogP) is 3.93. The van der Waals surface area contributed by atoms with Crippen LogP contribution in [-0.2, 0) is 9.84 Å². The smallest absolute Gasteiger partial charge is 0.225 e. The quantitative estimate of drug-likeness (QED) is 0.756. The molecular weight excluding hydrogens is 350 g/mol. The molecule has 0 radical (unpaired) electrons. The molecule has 134 valence electrons. The number of hydrogen-bond acceptors (Lipinski definition) is 4. The first-order valence-corrected chi connectivity index (χ1v) is 9.56. The van der Waals surface area contributed by atoms with Gasteiger partial charge in [0.2, 0.25) is 15.3 Å². The number of sulfone groups is 1. The van der Waals surface area contributed by atoms with Crippen LogP contribution in [0.5, 0.6) is 11.5 Å². The summed E-state index contributed by atoms with van der Waals surface area (Å²) in [5, 5.41) is -0.153. The highest BCUT2D eigenvalue weighted by Crippen LogP contribution is 2.24. The molecule has 0 saturated carbocycles. The monoisotopic (exact) mass is 369 g/mol. The van der Waals surface area contributed by atoms with Crippen molar-refractivity contribution in [3.05, 3.63) is 81.6 Å². The Morgan fingerprint density at radius 1 is 0.846 bits per heavy atom. The number of aryl methyl sites for hydroxylation is 3. The number of pyridine rings is 1. The van der Waals surface area contributed by atoms with Gasteiger partial charge in [-0.15, -0.1) is 0 Å². The fraction of sp³-hybridized carbons (Fsp3) is 0.150. The van der Waals surface area contributed by atoms with E-state index in [4.69, 9.17) is 4.74 Å². The van der Waals surface area contributed by atoms with Crippen LogP contribution in [0.15, 0.2) is 69.3 Å². The maximum absolute atomic E-state index is 12.7. The molecule has 0 bridgehead atoms. The molecule has 0 unspecified atom stereocenters. The van der Waals surface area contributed by atoms with Gasteiger partial charge in [0.15, 0.2) is 5.75 Å². The first-order chi connectivity index (χ1) is 12.3. The third-order valence-corrected chi connectivity index (χ3v) is 5.69. The van der Waals surface area contributed by atoms with Gasteiger partial charge in [-0.2, -0.15) is 0 Å². The van der Waals surface area contributed by atoms with E-state index in [1.54, 1.807) is 31.2 Å². The van der Waals surface area contributed by atoms with Crippen molar-refractivity contribution in [3.8, 4) is 11.5 Å². The number of aromatic amines is 1. The van der Waals surface area contributed by atoms with E-state index in [0.717, 1.165) is 17.2 Å². The molecule has 0 aliphatic heterocycles. The minimum absolute atomic E-state index is 0.0803. The van der Waals surface area contributed by atoms with Crippen LogP contribution in [0.1, 0.15) is 16.8 Å². The molecule has 3 aromatic rings. The van der Waals surface area contributed by atoms with Gasteiger partial charge in [0.05, 0.1) is 10.6 Å². The number of H-pyrrole nitrogens is 1. The van der Waals surface area contributed by atoms with E-state index in [2.05, 4.69) is 4.98 Å². The van der Waals surface area contributed by atoms with E-state index in [1.807, 2.05) is 26.0 Å². The molecule has 0 aliphatic rings. The van der Waals surface area contributed by atoms with Crippen molar-refractivity contribution in [1.82, 2.24) is 4.98 Å². The zero-order chi connectivity index (χ0) is 18.9. The summed E-state index contributed by atoms with van der Waals surface area (Å²) in [7, 11) is -3.81. The molecule has 0 fully saturated rings. The lowest BCUT2D eigenvalue weighted by molar-refractivity contribution is 0.469. The minimum Gasteiger partial charge on any atom is -0.451 e. The second-order valence-electron chi connectivity index (χ2n) is 6.18. The first-order valence-electron chi connectivity index (χ1n) is 8.07. The molecule has 1 aromatic heterocycles. The van der Waals surface area contributed by atoms with Crippen molar-refractivity contribution < 1.29 is 13.2 Å². The number of aromatic nitrogens is 1. The maximum Gasteiger partial charge on any atom is 0.225 e. The lowest BCUT2D eigenvalue weighted by Crippen LogP contribution is -2.14. The van der Waals surface area contributed by atoms with Gasteiger partial charge in [-0.25, -0.2) is 8.42 Å². The van der Waals surface area contributed by atoms with Gasteiger partial charge in [-0.3, -0.25) is 4.79 Å². The van der Waals surface area contributed by atoms with Gasteiger partial charge >= 0.3 is 0 Å². The molecule has 0 spiro atoms. The maximum atomic E-state index is 12.7. The van der Waals surface area contributed by atoms with E-state index >= 15 is 0 Å². The Labute approximate surface area is 152 Å². The van der Waals surface area contributed by atoms with E-state index in [1.165, 1.54) is 12.1 Å². The average Bonchev–Trinajstić information content (AvgIpc) is 2.60. The lowest BCUT2D eigenvalue weighted by Gasteiger charge is -2.11. The summed E-state index contributed by atoms with van der Waals surface area (Å²) in [6, 6.07) is 14.8. The van der Waals surface area contributed by atoms with Crippen molar-refractivity contribution in [2.75, 3.05) is 0 Å². The van der Waals surface area contributed by atoms with E-state index in [9.17, 15) is 13.2 Å². The third-order valence-electron chi connectivity index (χ3n) is 4.00. The molecule has 0 aliphatic carbocycles. The Morgan fingerprint density at radius 2 is 1.38 bits per heavy atom. The number of ether oxygens (including phenoxy) is 1. The molecule has 0 saturated heterocycles. The molecular formula is C20H19NO4S.